The van der Waals surface area contributed by atoms with Crippen molar-refractivity contribution in [3.63, 3.8) is 0 Å². The van der Waals surface area contributed by atoms with Gasteiger partial charge in [0.05, 0.1) is 0 Å². The van der Waals surface area contributed by atoms with Crippen LogP contribution in [0.5, 0.6) is 0 Å². The smallest absolute Gasteiger partial charge is 0.330 e. The minimum atomic E-state index is -4.18. The van der Waals surface area contributed by atoms with E-state index in [1.54, 1.807) is 0 Å². The molecule has 0 aliphatic rings. The van der Waals surface area contributed by atoms with Crippen LogP contribution in [-0.2, 0) is 17.2 Å². The Morgan fingerprint density at radius 2 is 2.12 bits per heavy atom. The molecule has 0 unspecified atom stereocenters. The van der Waals surface area contributed by atoms with Gasteiger partial charge in [0.15, 0.2) is 5.82 Å². The van der Waals surface area contributed by atoms with E-state index < -0.39 is 25.6 Å². The highest BCUT2D eigenvalue weighted by molar-refractivity contribution is 6.16. The number of nitrogens with zero attached hydrogens (tertiary/aromatic N) is 2. The molecule has 0 amide bonds. The molecule has 0 bridgehead atoms. The van der Waals surface area contributed by atoms with E-state index in [0.717, 1.165) is 0 Å². The molecule has 92 valence electrons. The van der Waals surface area contributed by atoms with Gasteiger partial charge in [0.1, 0.15) is 19.1 Å². The number of halogens is 5. The summed E-state index contributed by atoms with van der Waals surface area (Å²) in [5.74, 6) is -4.14. The van der Waals surface area contributed by atoms with Crippen LogP contribution in [0.25, 0.3) is 0 Å². The topological polar surface area (TPSA) is 48.2 Å². The van der Waals surface area contributed by atoms with Gasteiger partial charge in [-0.1, -0.05) is 5.16 Å². The van der Waals surface area contributed by atoms with Crippen molar-refractivity contribution in [3.05, 3.63) is 11.7 Å². The fourth-order valence-corrected chi connectivity index (χ4v) is 0.853. The van der Waals surface area contributed by atoms with E-state index in [9.17, 15) is 17.6 Å². The molecule has 0 fully saturated rings. The van der Waals surface area contributed by atoms with E-state index in [0.29, 0.717) is 0 Å². The van der Waals surface area contributed by atoms with Crippen molar-refractivity contribution in [1.29, 1.82) is 0 Å². The van der Waals surface area contributed by atoms with Gasteiger partial charge in [-0.05, 0) is 0 Å². The van der Waals surface area contributed by atoms with Crippen molar-refractivity contribution < 1.29 is 26.8 Å². The molecule has 0 atom stereocenters. The second-order valence-electron chi connectivity index (χ2n) is 2.79. The Morgan fingerprint density at radius 1 is 1.44 bits per heavy atom. The maximum atomic E-state index is 12.4. The Labute approximate surface area is 92.5 Å². The van der Waals surface area contributed by atoms with Crippen LogP contribution in [0.1, 0.15) is 11.7 Å². The number of ether oxygens (including phenoxy) is 1. The summed E-state index contributed by atoms with van der Waals surface area (Å²) in [7, 11) is 0. The average Bonchev–Trinajstić information content (AvgIpc) is 2.65. The quantitative estimate of drug-likeness (QED) is 0.583. The lowest BCUT2D eigenvalue weighted by molar-refractivity contribution is -0.168. The first-order chi connectivity index (χ1) is 7.45. The van der Waals surface area contributed by atoms with Crippen molar-refractivity contribution in [3.8, 4) is 0 Å². The van der Waals surface area contributed by atoms with Crippen LogP contribution in [0.4, 0.5) is 17.6 Å². The van der Waals surface area contributed by atoms with Crippen LogP contribution >= 0.6 is 11.6 Å². The summed E-state index contributed by atoms with van der Waals surface area (Å²) in [6, 6.07) is 0. The van der Waals surface area contributed by atoms with E-state index in [1.807, 2.05) is 0 Å². The molecule has 1 aromatic heterocycles. The van der Waals surface area contributed by atoms with Gasteiger partial charge >= 0.3 is 12.3 Å². The highest BCUT2D eigenvalue weighted by atomic mass is 35.5. The largest absolute Gasteiger partial charge is 0.367 e. The summed E-state index contributed by atoms with van der Waals surface area (Å²) in [5.41, 5.74) is 0. The van der Waals surface area contributed by atoms with Crippen LogP contribution in [0.2, 0.25) is 0 Å². The molecule has 0 aliphatic heterocycles. The van der Waals surface area contributed by atoms with Crippen molar-refractivity contribution in [2.75, 3.05) is 6.61 Å². The number of alkyl halides is 5. The lowest BCUT2D eigenvalue weighted by Gasteiger charge is -2.14. The third kappa shape index (κ3) is 3.60. The molecule has 16 heavy (non-hydrogen) atoms. The lowest BCUT2D eigenvalue weighted by atomic mass is 10.4. The number of hydrogen-bond acceptors (Lipinski definition) is 4. The first-order valence-electron chi connectivity index (χ1n) is 4.07. The van der Waals surface area contributed by atoms with Crippen LogP contribution < -0.4 is 0 Å². The minimum absolute atomic E-state index is 0.0271. The second-order valence-corrected chi connectivity index (χ2v) is 3.06. The fraction of sp³-hybridized carbons (Fsp3) is 0.714. The van der Waals surface area contributed by atoms with Gasteiger partial charge in [-0.25, -0.2) is 8.78 Å². The second kappa shape index (κ2) is 5.44. The third-order valence-electron chi connectivity index (χ3n) is 1.47. The Morgan fingerprint density at radius 3 is 2.62 bits per heavy atom. The summed E-state index contributed by atoms with van der Waals surface area (Å²) in [4.78, 5) is 3.63. The molecule has 1 aromatic rings. The molecule has 0 N–H and O–H groups in total. The van der Waals surface area contributed by atoms with Gasteiger partial charge in [0, 0.05) is 0 Å². The zero-order chi connectivity index (χ0) is 12.2. The highest BCUT2D eigenvalue weighted by Gasteiger charge is 2.41. The Balaban J connectivity index is 2.35. The van der Waals surface area contributed by atoms with Crippen molar-refractivity contribution in [2.24, 2.45) is 0 Å². The number of aromatic nitrogens is 2. The monoisotopic (exact) mass is 262 g/mol. The molecule has 0 aromatic carbocycles. The predicted octanol–water partition coefficient (Wildman–Crippen LogP) is 2.23. The van der Waals surface area contributed by atoms with Gasteiger partial charge in [-0.2, -0.15) is 13.8 Å². The molecule has 0 saturated carbocycles. The maximum Gasteiger partial charge on any atom is 0.330 e. The van der Waals surface area contributed by atoms with Gasteiger partial charge in [-0.3, -0.25) is 0 Å². The van der Waals surface area contributed by atoms with Gasteiger partial charge in [-0.15, -0.1) is 11.6 Å². The fourth-order valence-electron chi connectivity index (χ4n) is 0.744. The zero-order valence-corrected chi connectivity index (χ0v) is 8.56. The van der Waals surface area contributed by atoms with E-state index in [4.69, 9.17) is 11.6 Å². The molecule has 0 aliphatic carbocycles. The van der Waals surface area contributed by atoms with Crippen molar-refractivity contribution in [2.45, 2.75) is 24.8 Å². The van der Waals surface area contributed by atoms with E-state index >= 15 is 0 Å². The predicted molar refractivity (Wildman–Crippen MR) is 44.5 cm³/mol. The normalized spacial score (nSPS) is 12.4. The first-order valence-corrected chi connectivity index (χ1v) is 4.60. The molecular formula is C7H7ClF4N2O2. The minimum Gasteiger partial charge on any atom is -0.367 e. The van der Waals surface area contributed by atoms with Crippen LogP contribution in [0.3, 0.4) is 0 Å². The van der Waals surface area contributed by atoms with Gasteiger partial charge in [0.25, 0.3) is 0 Å². The Bertz CT molecular complexity index is 334. The maximum absolute atomic E-state index is 12.4. The lowest BCUT2D eigenvalue weighted by Crippen LogP contribution is -2.32. The molecule has 1 heterocycles. The number of rotatable bonds is 6. The van der Waals surface area contributed by atoms with E-state index in [-0.39, 0.29) is 17.6 Å². The molecule has 0 spiro atoms. The third-order valence-corrected chi connectivity index (χ3v) is 1.70. The molecule has 9 heteroatoms. The number of hydrogen-bond donors (Lipinski definition) is 0. The zero-order valence-electron chi connectivity index (χ0n) is 7.80. The first kappa shape index (κ1) is 13.2. The van der Waals surface area contributed by atoms with E-state index in [1.165, 1.54) is 0 Å². The summed E-state index contributed by atoms with van der Waals surface area (Å²) in [6.07, 6.45) is -3.77. The Hall–Kier alpha value is -0.890. The molecule has 0 radical (unpaired) electrons. The van der Waals surface area contributed by atoms with Crippen LogP contribution in [0.15, 0.2) is 4.52 Å². The standard InChI is InChI=1S/C7H7ClF4N2O2/c8-1-5-13-4(14-16-5)2-15-3-7(11,12)6(9)10/h6H,1-3H2. The highest BCUT2D eigenvalue weighted by Crippen LogP contribution is 2.23. The summed E-state index contributed by atoms with van der Waals surface area (Å²) >= 11 is 5.33. The molecular weight excluding hydrogens is 256 g/mol. The van der Waals surface area contributed by atoms with Crippen molar-refractivity contribution in [1.82, 2.24) is 10.1 Å². The van der Waals surface area contributed by atoms with Crippen LogP contribution in [-0.4, -0.2) is 29.1 Å². The van der Waals surface area contributed by atoms with Crippen molar-refractivity contribution >= 4 is 11.6 Å². The molecule has 4 nitrogen and oxygen atoms in total. The summed E-state index contributed by atoms with van der Waals surface area (Å²) < 4.78 is 57.0. The molecule has 1 rings (SSSR count). The Kier molecular flexibility index (Phi) is 4.48. The summed E-state index contributed by atoms with van der Waals surface area (Å²) in [5, 5.41) is 3.32. The van der Waals surface area contributed by atoms with Crippen LogP contribution in [0, 0.1) is 0 Å². The average molecular weight is 263 g/mol. The van der Waals surface area contributed by atoms with E-state index in [2.05, 4.69) is 19.4 Å². The SMILES string of the molecule is FC(F)C(F)(F)COCc1noc(CCl)n1. The molecule has 0 saturated heterocycles. The van der Waals surface area contributed by atoms with Gasteiger partial charge < -0.3 is 9.26 Å². The summed E-state index contributed by atoms with van der Waals surface area (Å²) in [6.45, 7) is -1.85. The van der Waals surface area contributed by atoms with Gasteiger partial charge in [0.2, 0.25) is 5.89 Å².